The molecule has 1 aromatic carbocycles. The highest BCUT2D eigenvalue weighted by molar-refractivity contribution is 7.92. The largest absolute Gasteiger partial charge is 0.335 e. The van der Waals surface area contributed by atoms with Crippen LogP contribution in [0.15, 0.2) is 18.2 Å². The van der Waals surface area contributed by atoms with Gasteiger partial charge in [-0.15, -0.1) is 0 Å². The number of amides is 1. The Morgan fingerprint density at radius 3 is 2.67 bits per heavy atom. The average molecular weight is 415 g/mol. The van der Waals surface area contributed by atoms with Gasteiger partial charge in [0.25, 0.3) is 5.91 Å². The number of rotatable bonds is 5. The molecule has 3 rings (SSSR count). The Balaban J connectivity index is 1.90. The van der Waals surface area contributed by atoms with Gasteiger partial charge in [0, 0.05) is 24.7 Å². The van der Waals surface area contributed by atoms with E-state index in [-0.39, 0.29) is 23.5 Å². The number of hydrogen-bond donors (Lipinski definition) is 0. The van der Waals surface area contributed by atoms with Gasteiger partial charge in [0.2, 0.25) is 10.0 Å². The fourth-order valence-corrected chi connectivity index (χ4v) is 6.64. The summed E-state index contributed by atoms with van der Waals surface area (Å²) in [6.45, 7) is 2.91. The van der Waals surface area contributed by atoms with E-state index in [9.17, 15) is 21.6 Å². The maximum atomic E-state index is 13.1. The standard InChI is InChI=1S/C18H26N2O5S2/c1-3-9-19(16-8-11-27(24,25)13-16)18(21)15-6-7-17-14(12-15)5-4-10-20(17)26(2,22)23/h6-7,12,16H,3-5,8-11,13H2,1-2H3. The lowest BCUT2D eigenvalue weighted by Gasteiger charge is -2.31. The van der Waals surface area contributed by atoms with Crippen LogP contribution in [0.25, 0.3) is 0 Å². The molecule has 1 aromatic rings. The summed E-state index contributed by atoms with van der Waals surface area (Å²) >= 11 is 0. The summed E-state index contributed by atoms with van der Waals surface area (Å²) in [4.78, 5) is 14.8. The Morgan fingerprint density at radius 1 is 1.33 bits per heavy atom. The van der Waals surface area contributed by atoms with Crippen LogP contribution in [0, 0.1) is 0 Å². The predicted octanol–water partition coefficient (Wildman–Crippen LogP) is 1.44. The quantitative estimate of drug-likeness (QED) is 0.727. The smallest absolute Gasteiger partial charge is 0.254 e. The summed E-state index contributed by atoms with van der Waals surface area (Å²) in [5.74, 6) is -0.0391. The molecular weight excluding hydrogens is 388 g/mol. The van der Waals surface area contributed by atoms with Crippen LogP contribution in [-0.4, -0.2) is 64.5 Å². The fourth-order valence-electron chi connectivity index (χ4n) is 3.92. The minimum atomic E-state index is -3.35. The average Bonchev–Trinajstić information content (AvgIpc) is 2.96. The van der Waals surface area contributed by atoms with Crippen LogP contribution in [0.1, 0.15) is 42.1 Å². The second-order valence-electron chi connectivity index (χ2n) is 7.34. The van der Waals surface area contributed by atoms with E-state index in [0.717, 1.165) is 12.0 Å². The first-order valence-corrected chi connectivity index (χ1v) is 12.9. The van der Waals surface area contributed by atoms with Crippen molar-refractivity contribution in [1.29, 1.82) is 0 Å². The van der Waals surface area contributed by atoms with Crippen molar-refractivity contribution < 1.29 is 21.6 Å². The number of hydrogen-bond acceptors (Lipinski definition) is 5. The second kappa shape index (κ2) is 7.43. The predicted molar refractivity (Wildman–Crippen MR) is 105 cm³/mol. The Hall–Kier alpha value is -1.61. The molecule has 27 heavy (non-hydrogen) atoms. The van der Waals surface area contributed by atoms with Gasteiger partial charge < -0.3 is 4.90 Å². The van der Waals surface area contributed by atoms with Crippen molar-refractivity contribution >= 4 is 31.5 Å². The lowest BCUT2D eigenvalue weighted by atomic mass is 10.00. The summed E-state index contributed by atoms with van der Waals surface area (Å²) in [6.07, 6.45) is 3.83. The lowest BCUT2D eigenvalue weighted by molar-refractivity contribution is 0.0697. The molecule has 2 aliphatic heterocycles. The zero-order chi connectivity index (χ0) is 19.8. The van der Waals surface area contributed by atoms with Gasteiger partial charge in [0.05, 0.1) is 23.4 Å². The minimum absolute atomic E-state index is 0.0194. The highest BCUT2D eigenvalue weighted by atomic mass is 32.2. The molecule has 0 saturated carbocycles. The topological polar surface area (TPSA) is 91.8 Å². The number of benzene rings is 1. The second-order valence-corrected chi connectivity index (χ2v) is 11.5. The van der Waals surface area contributed by atoms with Crippen LogP contribution in [0.3, 0.4) is 0 Å². The molecule has 7 nitrogen and oxygen atoms in total. The van der Waals surface area contributed by atoms with Crippen molar-refractivity contribution in [3.8, 4) is 0 Å². The Kier molecular flexibility index (Phi) is 5.54. The van der Waals surface area contributed by atoms with Gasteiger partial charge in [0.1, 0.15) is 0 Å². The third-order valence-corrected chi connectivity index (χ3v) is 8.11. The molecule has 1 fully saturated rings. The van der Waals surface area contributed by atoms with Gasteiger partial charge in [-0.1, -0.05) is 6.92 Å². The fraction of sp³-hybridized carbons (Fsp3) is 0.611. The van der Waals surface area contributed by atoms with Crippen LogP contribution in [-0.2, 0) is 26.3 Å². The van der Waals surface area contributed by atoms with Crippen molar-refractivity contribution in [1.82, 2.24) is 4.90 Å². The first-order valence-electron chi connectivity index (χ1n) is 9.24. The minimum Gasteiger partial charge on any atom is -0.335 e. The van der Waals surface area contributed by atoms with Crippen LogP contribution in [0.2, 0.25) is 0 Å². The number of carbonyl (C=O) groups is 1. The molecular formula is C18H26N2O5S2. The van der Waals surface area contributed by atoms with Gasteiger partial charge in [-0.3, -0.25) is 9.10 Å². The van der Waals surface area contributed by atoms with E-state index in [4.69, 9.17) is 0 Å². The third-order valence-electron chi connectivity index (χ3n) is 5.18. The molecule has 0 N–H and O–H groups in total. The first kappa shape index (κ1) is 20.1. The van der Waals surface area contributed by atoms with E-state index in [2.05, 4.69) is 0 Å². The SMILES string of the molecule is CCCN(C(=O)c1ccc2c(c1)CCCN2S(C)(=O)=O)C1CCS(=O)(=O)C1. The number of anilines is 1. The zero-order valence-corrected chi connectivity index (χ0v) is 17.4. The number of fused-ring (bicyclic) bond motifs is 1. The molecule has 150 valence electrons. The molecule has 1 atom stereocenters. The molecule has 1 saturated heterocycles. The maximum Gasteiger partial charge on any atom is 0.254 e. The van der Waals surface area contributed by atoms with E-state index >= 15 is 0 Å². The van der Waals surface area contributed by atoms with E-state index in [1.54, 1.807) is 23.1 Å². The summed E-state index contributed by atoms with van der Waals surface area (Å²) in [6, 6.07) is 4.82. The summed E-state index contributed by atoms with van der Waals surface area (Å²) in [7, 11) is -6.43. The monoisotopic (exact) mass is 414 g/mol. The van der Waals surface area contributed by atoms with Crippen molar-refractivity contribution in [2.24, 2.45) is 0 Å². The van der Waals surface area contributed by atoms with Gasteiger partial charge in [-0.2, -0.15) is 0 Å². The van der Waals surface area contributed by atoms with Gasteiger partial charge in [-0.05, 0) is 49.4 Å². The molecule has 9 heteroatoms. The van der Waals surface area contributed by atoms with Crippen molar-refractivity contribution in [2.75, 3.05) is 35.2 Å². The number of sulfone groups is 1. The molecule has 2 aliphatic rings. The van der Waals surface area contributed by atoms with E-state index in [0.29, 0.717) is 43.6 Å². The normalized spacial score (nSPS) is 21.7. The molecule has 1 unspecified atom stereocenters. The molecule has 0 radical (unpaired) electrons. The van der Waals surface area contributed by atoms with Crippen molar-refractivity contribution in [3.05, 3.63) is 29.3 Å². The Bertz CT molecular complexity index is 940. The Labute approximate surface area is 161 Å². The van der Waals surface area contributed by atoms with Crippen LogP contribution in [0.5, 0.6) is 0 Å². The molecule has 0 spiro atoms. The van der Waals surface area contributed by atoms with E-state index in [1.807, 2.05) is 6.92 Å². The number of carbonyl (C=O) groups excluding carboxylic acids is 1. The van der Waals surface area contributed by atoms with Crippen LogP contribution < -0.4 is 4.31 Å². The number of aryl methyl sites for hydroxylation is 1. The van der Waals surface area contributed by atoms with Crippen molar-refractivity contribution in [2.45, 2.75) is 38.6 Å². The van der Waals surface area contributed by atoms with Gasteiger partial charge in [0.15, 0.2) is 9.84 Å². The van der Waals surface area contributed by atoms with Crippen LogP contribution >= 0.6 is 0 Å². The van der Waals surface area contributed by atoms with E-state index in [1.165, 1.54) is 10.6 Å². The molecule has 1 amide bonds. The number of sulfonamides is 1. The molecule has 0 bridgehead atoms. The van der Waals surface area contributed by atoms with Gasteiger partial charge >= 0.3 is 0 Å². The third kappa shape index (κ3) is 4.29. The highest BCUT2D eigenvalue weighted by Gasteiger charge is 2.35. The Morgan fingerprint density at radius 2 is 2.07 bits per heavy atom. The van der Waals surface area contributed by atoms with Crippen molar-refractivity contribution in [3.63, 3.8) is 0 Å². The van der Waals surface area contributed by atoms with E-state index < -0.39 is 19.9 Å². The maximum absolute atomic E-state index is 13.1. The lowest BCUT2D eigenvalue weighted by Crippen LogP contribution is -2.41. The molecule has 2 heterocycles. The zero-order valence-electron chi connectivity index (χ0n) is 15.7. The summed E-state index contributed by atoms with van der Waals surface area (Å²) in [5, 5.41) is 0. The molecule has 0 aromatic heterocycles. The van der Waals surface area contributed by atoms with Crippen LogP contribution in [0.4, 0.5) is 5.69 Å². The summed E-state index contributed by atoms with van der Waals surface area (Å²) in [5.41, 5.74) is 1.96. The molecule has 0 aliphatic carbocycles. The number of nitrogens with zero attached hydrogens (tertiary/aromatic N) is 2. The highest BCUT2D eigenvalue weighted by Crippen LogP contribution is 2.31. The first-order chi connectivity index (χ1) is 12.6. The summed E-state index contributed by atoms with van der Waals surface area (Å²) < 4.78 is 49.0. The van der Waals surface area contributed by atoms with Gasteiger partial charge in [-0.25, -0.2) is 16.8 Å².